The molecule has 0 radical (unpaired) electrons. The maximum absolute atomic E-state index is 12.7. The molecule has 2 aliphatic heterocycles. The number of aromatic nitrogens is 1. The summed E-state index contributed by atoms with van der Waals surface area (Å²) in [5.41, 5.74) is 1.96. The van der Waals surface area contributed by atoms with Crippen molar-refractivity contribution in [1.82, 2.24) is 9.88 Å². The van der Waals surface area contributed by atoms with Crippen molar-refractivity contribution >= 4 is 28.6 Å². The zero-order chi connectivity index (χ0) is 18.1. The molecule has 0 saturated carbocycles. The van der Waals surface area contributed by atoms with Crippen LogP contribution in [0.4, 0.5) is 0 Å². The van der Waals surface area contributed by atoms with Crippen molar-refractivity contribution < 1.29 is 14.3 Å². The van der Waals surface area contributed by atoms with Gasteiger partial charge in [-0.2, -0.15) is 0 Å². The van der Waals surface area contributed by atoms with Crippen molar-refractivity contribution in [2.24, 2.45) is 0 Å². The van der Waals surface area contributed by atoms with E-state index in [4.69, 9.17) is 14.5 Å². The van der Waals surface area contributed by atoms with Gasteiger partial charge in [-0.05, 0) is 50.3 Å². The Labute approximate surface area is 158 Å². The van der Waals surface area contributed by atoms with Crippen LogP contribution in [0.15, 0.2) is 23.2 Å². The third kappa shape index (κ3) is 3.34. The van der Waals surface area contributed by atoms with E-state index in [1.165, 1.54) is 18.2 Å². The molecule has 2 aliphatic rings. The minimum absolute atomic E-state index is 0.230. The Kier molecular flexibility index (Phi) is 4.94. The lowest BCUT2D eigenvalue weighted by Crippen LogP contribution is -2.44. The molecule has 138 valence electrons. The van der Waals surface area contributed by atoms with Gasteiger partial charge in [-0.15, -0.1) is 0 Å². The van der Waals surface area contributed by atoms with Crippen LogP contribution in [0.5, 0.6) is 11.5 Å². The Morgan fingerprint density at radius 2 is 2.08 bits per heavy atom. The highest BCUT2D eigenvalue weighted by Gasteiger charge is 2.25. The second-order valence-electron chi connectivity index (χ2n) is 6.94. The number of hydrogen-bond acceptors (Lipinski definition) is 5. The average Bonchev–Trinajstić information content (AvgIpc) is 3.11. The molecule has 1 saturated heterocycles. The summed E-state index contributed by atoms with van der Waals surface area (Å²) < 4.78 is 10.9. The summed E-state index contributed by atoms with van der Waals surface area (Å²) in [5, 5.41) is 1.94. The molecular formula is C20H24N2O3S. The normalized spacial score (nSPS) is 19.2. The summed E-state index contributed by atoms with van der Waals surface area (Å²) in [5.74, 6) is 2.18. The Balaban J connectivity index is 1.50. The fraction of sp³-hybridized carbons (Fsp3) is 0.500. The number of aryl methyl sites for hydroxylation is 1. The molecule has 2 aromatic rings. The standard InChI is InChI=1S/C20H24N2O3S/c1-3-15-6-4-5-7-22(15)19(23)11-26-20-13(2)8-14-9-17-18(25-12-24-17)10-16(14)21-20/h8-10,15H,3-7,11-12H2,1-2H3. The molecule has 6 heteroatoms. The molecule has 0 spiro atoms. The van der Waals surface area contributed by atoms with Crippen molar-refractivity contribution in [3.63, 3.8) is 0 Å². The summed E-state index contributed by atoms with van der Waals surface area (Å²) in [7, 11) is 0. The number of fused-ring (bicyclic) bond motifs is 2. The first-order valence-electron chi connectivity index (χ1n) is 9.29. The van der Waals surface area contributed by atoms with E-state index in [-0.39, 0.29) is 12.7 Å². The van der Waals surface area contributed by atoms with Crippen LogP contribution in [0.3, 0.4) is 0 Å². The summed E-state index contributed by atoms with van der Waals surface area (Å²) in [6.45, 7) is 5.36. The fourth-order valence-corrected chi connectivity index (χ4v) is 4.64. The third-order valence-corrected chi connectivity index (χ3v) is 6.28. The molecule has 5 nitrogen and oxygen atoms in total. The van der Waals surface area contributed by atoms with E-state index in [2.05, 4.69) is 17.9 Å². The highest BCUT2D eigenvalue weighted by molar-refractivity contribution is 7.99. The molecule has 0 aliphatic carbocycles. The predicted octanol–water partition coefficient (Wildman–Crippen LogP) is 4.16. The smallest absolute Gasteiger partial charge is 0.233 e. The van der Waals surface area contributed by atoms with Gasteiger partial charge in [-0.1, -0.05) is 18.7 Å². The van der Waals surface area contributed by atoms with Crippen molar-refractivity contribution in [2.75, 3.05) is 19.1 Å². The number of thioether (sulfide) groups is 1. The number of piperidine rings is 1. The molecule has 1 aromatic heterocycles. The van der Waals surface area contributed by atoms with Gasteiger partial charge < -0.3 is 14.4 Å². The molecule has 26 heavy (non-hydrogen) atoms. The molecule has 1 amide bonds. The van der Waals surface area contributed by atoms with E-state index in [9.17, 15) is 4.79 Å². The highest BCUT2D eigenvalue weighted by atomic mass is 32.2. The SMILES string of the molecule is CCC1CCCCN1C(=O)CSc1nc2cc3c(cc2cc1C)OCO3. The van der Waals surface area contributed by atoms with Gasteiger partial charge in [0, 0.05) is 24.0 Å². The first kappa shape index (κ1) is 17.5. The van der Waals surface area contributed by atoms with Gasteiger partial charge in [0.2, 0.25) is 12.7 Å². The molecule has 0 N–H and O–H groups in total. The zero-order valence-electron chi connectivity index (χ0n) is 15.3. The Hall–Kier alpha value is -1.95. The number of nitrogens with zero attached hydrogens (tertiary/aromatic N) is 2. The first-order chi connectivity index (χ1) is 12.7. The second-order valence-corrected chi connectivity index (χ2v) is 7.91. The van der Waals surface area contributed by atoms with Crippen LogP contribution in [0.2, 0.25) is 0 Å². The number of ether oxygens (including phenoxy) is 2. The van der Waals surface area contributed by atoms with Crippen molar-refractivity contribution in [1.29, 1.82) is 0 Å². The van der Waals surface area contributed by atoms with Crippen molar-refractivity contribution in [3.05, 3.63) is 23.8 Å². The second kappa shape index (κ2) is 7.35. The highest BCUT2D eigenvalue weighted by Crippen LogP contribution is 2.37. The van der Waals surface area contributed by atoms with Crippen molar-refractivity contribution in [3.8, 4) is 11.5 Å². The predicted molar refractivity (Wildman–Crippen MR) is 103 cm³/mol. The van der Waals surface area contributed by atoms with Crippen LogP contribution in [-0.2, 0) is 4.79 Å². The minimum Gasteiger partial charge on any atom is -0.454 e. The molecule has 1 atom stereocenters. The molecule has 4 rings (SSSR count). The lowest BCUT2D eigenvalue weighted by Gasteiger charge is -2.35. The number of amides is 1. The lowest BCUT2D eigenvalue weighted by atomic mass is 10.0. The van der Waals surface area contributed by atoms with Gasteiger partial charge in [-0.25, -0.2) is 4.98 Å². The summed E-state index contributed by atoms with van der Waals surface area (Å²) >= 11 is 1.54. The number of carbonyl (C=O) groups is 1. The Morgan fingerprint density at radius 3 is 2.88 bits per heavy atom. The van der Waals surface area contributed by atoms with Crippen molar-refractivity contribution in [2.45, 2.75) is 50.6 Å². The van der Waals surface area contributed by atoms with Crippen LogP contribution < -0.4 is 9.47 Å². The van der Waals surface area contributed by atoms with Crippen LogP contribution in [0, 0.1) is 6.92 Å². The fourth-order valence-electron chi connectivity index (χ4n) is 3.76. The molecule has 3 heterocycles. The average molecular weight is 372 g/mol. The molecule has 0 bridgehead atoms. The number of carbonyl (C=O) groups excluding carboxylic acids is 1. The Bertz CT molecular complexity index is 839. The van der Waals surface area contributed by atoms with Gasteiger partial charge in [0.1, 0.15) is 5.03 Å². The van der Waals surface area contributed by atoms with Gasteiger partial charge >= 0.3 is 0 Å². The summed E-state index contributed by atoms with van der Waals surface area (Å²) in [4.78, 5) is 19.5. The van der Waals surface area contributed by atoms with E-state index in [0.29, 0.717) is 11.8 Å². The van der Waals surface area contributed by atoms with Crippen LogP contribution in [0.1, 0.15) is 38.2 Å². The van der Waals surface area contributed by atoms with E-state index < -0.39 is 0 Å². The molecule has 1 aromatic carbocycles. The molecule has 1 fully saturated rings. The van der Waals surface area contributed by atoms with Crippen LogP contribution in [-0.4, -0.2) is 40.9 Å². The Morgan fingerprint density at radius 1 is 1.27 bits per heavy atom. The lowest BCUT2D eigenvalue weighted by molar-refractivity contribution is -0.132. The van der Waals surface area contributed by atoms with Crippen LogP contribution >= 0.6 is 11.8 Å². The number of hydrogen-bond donors (Lipinski definition) is 0. The zero-order valence-corrected chi connectivity index (χ0v) is 16.1. The van der Waals surface area contributed by atoms with Gasteiger partial charge in [0.05, 0.1) is 11.3 Å². The third-order valence-electron chi connectivity index (χ3n) is 5.20. The molecular weight excluding hydrogens is 348 g/mol. The maximum Gasteiger partial charge on any atom is 0.233 e. The number of likely N-dealkylation sites (tertiary alicyclic amines) is 1. The number of benzene rings is 1. The summed E-state index contributed by atoms with van der Waals surface area (Å²) in [6, 6.07) is 6.40. The number of rotatable bonds is 4. The number of pyridine rings is 1. The van der Waals surface area contributed by atoms with E-state index in [1.54, 1.807) is 0 Å². The largest absolute Gasteiger partial charge is 0.454 e. The van der Waals surface area contributed by atoms with E-state index in [1.807, 2.05) is 19.1 Å². The van der Waals surface area contributed by atoms with E-state index >= 15 is 0 Å². The quantitative estimate of drug-likeness (QED) is 0.755. The van der Waals surface area contributed by atoms with Gasteiger partial charge in [0.15, 0.2) is 11.5 Å². The minimum atomic E-state index is 0.230. The first-order valence-corrected chi connectivity index (χ1v) is 10.3. The van der Waals surface area contributed by atoms with Crippen LogP contribution in [0.25, 0.3) is 10.9 Å². The maximum atomic E-state index is 12.7. The topological polar surface area (TPSA) is 51.7 Å². The summed E-state index contributed by atoms with van der Waals surface area (Å²) in [6.07, 6.45) is 4.52. The monoisotopic (exact) mass is 372 g/mol. The van der Waals surface area contributed by atoms with Gasteiger partial charge in [0.25, 0.3) is 0 Å². The van der Waals surface area contributed by atoms with E-state index in [0.717, 1.165) is 58.8 Å². The molecule has 1 unspecified atom stereocenters. The van der Waals surface area contributed by atoms with Gasteiger partial charge in [-0.3, -0.25) is 4.79 Å².